The number of hydrogen-bond donors (Lipinski definition) is 0. The van der Waals surface area contributed by atoms with Gasteiger partial charge < -0.3 is 4.90 Å². The standard InChI is InChI=1S/C34H40F2N4/c1-25-7-9-26(10-8-25)32-24-31(37-40(32)34(2,3)4)6-5-19-38-20-22-39(23-21-38)33(27-11-15-29(35)16-12-27)28-13-17-30(36)18-14-28/h7-18,24,33H,5-6,19-23H2,1-4H3. The van der Waals surface area contributed by atoms with Crippen molar-refractivity contribution in [3.05, 3.63) is 113 Å². The maximum atomic E-state index is 13.6. The van der Waals surface area contributed by atoms with Crippen LogP contribution < -0.4 is 0 Å². The SMILES string of the molecule is Cc1ccc(-c2cc(CCCN3CCN(C(c4ccc(F)cc4)c4ccc(F)cc4)CC3)nn2C(C)(C)C)cc1. The van der Waals surface area contributed by atoms with Crippen molar-refractivity contribution in [1.29, 1.82) is 0 Å². The van der Waals surface area contributed by atoms with Gasteiger partial charge in [0, 0.05) is 26.2 Å². The molecule has 0 aliphatic carbocycles. The van der Waals surface area contributed by atoms with Gasteiger partial charge in [0.05, 0.1) is 23.0 Å². The molecule has 1 fully saturated rings. The van der Waals surface area contributed by atoms with Crippen LogP contribution >= 0.6 is 0 Å². The van der Waals surface area contributed by atoms with Crippen LogP contribution in [-0.4, -0.2) is 52.3 Å². The first-order valence-electron chi connectivity index (χ1n) is 14.3. The Morgan fingerprint density at radius 2 is 1.32 bits per heavy atom. The van der Waals surface area contributed by atoms with E-state index in [-0.39, 0.29) is 23.2 Å². The van der Waals surface area contributed by atoms with Gasteiger partial charge in [0.1, 0.15) is 11.6 Å². The predicted molar refractivity (Wildman–Crippen MR) is 158 cm³/mol. The molecular formula is C34H40F2N4. The van der Waals surface area contributed by atoms with Crippen molar-refractivity contribution in [2.45, 2.75) is 52.1 Å². The third-order valence-corrected chi connectivity index (χ3v) is 7.79. The number of nitrogens with zero attached hydrogens (tertiary/aromatic N) is 4. The number of hydrogen-bond acceptors (Lipinski definition) is 3. The molecule has 1 aliphatic heterocycles. The van der Waals surface area contributed by atoms with Crippen LogP contribution in [0.5, 0.6) is 0 Å². The van der Waals surface area contributed by atoms with Gasteiger partial charge in [-0.2, -0.15) is 5.10 Å². The van der Waals surface area contributed by atoms with Crippen molar-refractivity contribution in [2.75, 3.05) is 32.7 Å². The molecule has 3 aromatic carbocycles. The van der Waals surface area contributed by atoms with Crippen LogP contribution in [0.25, 0.3) is 11.3 Å². The molecule has 210 valence electrons. The van der Waals surface area contributed by atoms with Crippen LogP contribution in [0.1, 0.15) is 55.6 Å². The summed E-state index contributed by atoms with van der Waals surface area (Å²) in [5.41, 5.74) is 6.72. The van der Waals surface area contributed by atoms with Crippen LogP contribution in [0, 0.1) is 18.6 Å². The fraction of sp³-hybridized carbons (Fsp3) is 0.382. The Morgan fingerprint density at radius 1 is 0.775 bits per heavy atom. The van der Waals surface area contributed by atoms with E-state index in [0.717, 1.165) is 62.4 Å². The van der Waals surface area contributed by atoms with E-state index in [9.17, 15) is 8.78 Å². The third kappa shape index (κ3) is 6.68. The summed E-state index contributed by atoms with van der Waals surface area (Å²) in [5.74, 6) is -0.491. The first kappa shape index (κ1) is 28.2. The lowest BCUT2D eigenvalue weighted by molar-refractivity contribution is 0.108. The van der Waals surface area contributed by atoms with Crippen molar-refractivity contribution in [2.24, 2.45) is 0 Å². The van der Waals surface area contributed by atoms with Gasteiger partial charge in [-0.05, 0) is 94.1 Å². The number of halogens is 2. The topological polar surface area (TPSA) is 24.3 Å². The second kappa shape index (κ2) is 12.0. The van der Waals surface area contributed by atoms with Crippen molar-refractivity contribution >= 4 is 0 Å². The highest BCUT2D eigenvalue weighted by Gasteiger charge is 2.27. The fourth-order valence-corrected chi connectivity index (χ4v) is 5.63. The largest absolute Gasteiger partial charge is 0.301 e. The predicted octanol–water partition coefficient (Wildman–Crippen LogP) is 7.23. The third-order valence-electron chi connectivity index (χ3n) is 7.79. The minimum Gasteiger partial charge on any atom is -0.301 e. The van der Waals surface area contributed by atoms with Gasteiger partial charge in [-0.3, -0.25) is 9.58 Å². The van der Waals surface area contributed by atoms with E-state index < -0.39 is 0 Å². The van der Waals surface area contributed by atoms with Crippen LogP contribution in [0.15, 0.2) is 78.9 Å². The number of rotatable bonds is 8. The summed E-state index contributed by atoms with van der Waals surface area (Å²) in [6, 6.07) is 24.3. The molecule has 6 heteroatoms. The molecule has 1 aliphatic rings. The summed E-state index contributed by atoms with van der Waals surface area (Å²) in [4.78, 5) is 4.94. The summed E-state index contributed by atoms with van der Waals surface area (Å²) in [5, 5.41) is 5.01. The molecule has 0 radical (unpaired) electrons. The van der Waals surface area contributed by atoms with Crippen LogP contribution in [0.2, 0.25) is 0 Å². The summed E-state index contributed by atoms with van der Waals surface area (Å²) in [6.07, 6.45) is 1.99. The van der Waals surface area contributed by atoms with Crippen LogP contribution in [-0.2, 0) is 12.0 Å². The highest BCUT2D eigenvalue weighted by molar-refractivity contribution is 5.61. The van der Waals surface area contributed by atoms with Gasteiger partial charge in [0.25, 0.3) is 0 Å². The zero-order chi connectivity index (χ0) is 28.3. The maximum absolute atomic E-state index is 13.6. The molecule has 0 N–H and O–H groups in total. The van der Waals surface area contributed by atoms with E-state index in [1.165, 1.54) is 41.1 Å². The fourth-order valence-electron chi connectivity index (χ4n) is 5.63. The average Bonchev–Trinajstić information content (AvgIpc) is 3.37. The monoisotopic (exact) mass is 542 g/mol. The molecule has 0 unspecified atom stereocenters. The smallest absolute Gasteiger partial charge is 0.123 e. The first-order chi connectivity index (χ1) is 19.2. The van der Waals surface area contributed by atoms with E-state index in [1.54, 1.807) is 0 Å². The van der Waals surface area contributed by atoms with Crippen LogP contribution in [0.3, 0.4) is 0 Å². The van der Waals surface area contributed by atoms with E-state index in [4.69, 9.17) is 5.10 Å². The molecule has 5 rings (SSSR count). The second-order valence-corrected chi connectivity index (χ2v) is 12.0. The maximum Gasteiger partial charge on any atom is 0.123 e. The van der Waals surface area contributed by atoms with Gasteiger partial charge in [-0.25, -0.2) is 8.78 Å². The minimum atomic E-state index is -0.246. The zero-order valence-corrected chi connectivity index (χ0v) is 24.1. The van der Waals surface area contributed by atoms with Gasteiger partial charge >= 0.3 is 0 Å². The molecule has 1 saturated heterocycles. The van der Waals surface area contributed by atoms with Gasteiger partial charge in [0.2, 0.25) is 0 Å². The van der Waals surface area contributed by atoms with Crippen molar-refractivity contribution in [1.82, 2.24) is 19.6 Å². The van der Waals surface area contributed by atoms with Crippen molar-refractivity contribution in [3.63, 3.8) is 0 Å². The van der Waals surface area contributed by atoms with Gasteiger partial charge in [-0.1, -0.05) is 54.1 Å². The summed E-state index contributed by atoms with van der Waals surface area (Å²) < 4.78 is 29.5. The normalized spacial score (nSPS) is 15.2. The molecule has 0 amide bonds. The van der Waals surface area contributed by atoms with Gasteiger partial charge in [0.15, 0.2) is 0 Å². The molecule has 4 aromatic rings. The van der Waals surface area contributed by atoms with Gasteiger partial charge in [-0.15, -0.1) is 0 Å². The summed E-state index contributed by atoms with van der Waals surface area (Å²) in [6.45, 7) is 13.5. The number of aromatic nitrogens is 2. The highest BCUT2D eigenvalue weighted by atomic mass is 19.1. The molecule has 0 saturated carbocycles. The molecule has 0 spiro atoms. The Hall–Kier alpha value is -3.35. The Morgan fingerprint density at radius 3 is 1.85 bits per heavy atom. The Bertz CT molecular complexity index is 1330. The summed E-state index contributed by atoms with van der Waals surface area (Å²) >= 11 is 0. The second-order valence-electron chi connectivity index (χ2n) is 12.0. The number of aryl methyl sites for hydroxylation is 2. The lowest BCUT2D eigenvalue weighted by Gasteiger charge is -2.39. The number of piperazine rings is 1. The zero-order valence-electron chi connectivity index (χ0n) is 24.1. The lowest BCUT2D eigenvalue weighted by Crippen LogP contribution is -2.48. The Balaban J connectivity index is 1.21. The molecule has 0 bridgehead atoms. The molecule has 2 heterocycles. The summed E-state index contributed by atoms with van der Waals surface area (Å²) in [7, 11) is 0. The molecule has 40 heavy (non-hydrogen) atoms. The molecule has 4 nitrogen and oxygen atoms in total. The Kier molecular flexibility index (Phi) is 8.48. The quantitative estimate of drug-likeness (QED) is 0.235. The average molecular weight is 543 g/mol. The van der Waals surface area contributed by atoms with E-state index in [1.807, 2.05) is 24.3 Å². The van der Waals surface area contributed by atoms with E-state index in [0.29, 0.717) is 0 Å². The molecule has 0 atom stereocenters. The minimum absolute atomic E-state index is 0.0232. The van der Waals surface area contributed by atoms with Crippen molar-refractivity contribution < 1.29 is 8.78 Å². The Labute approximate surface area is 237 Å². The van der Waals surface area contributed by atoms with E-state index >= 15 is 0 Å². The molecule has 1 aromatic heterocycles. The van der Waals surface area contributed by atoms with E-state index in [2.05, 4.69) is 72.5 Å². The highest BCUT2D eigenvalue weighted by Crippen LogP contribution is 2.31. The number of benzene rings is 3. The van der Waals surface area contributed by atoms with Crippen LogP contribution in [0.4, 0.5) is 8.78 Å². The first-order valence-corrected chi connectivity index (χ1v) is 14.3. The van der Waals surface area contributed by atoms with Crippen molar-refractivity contribution in [3.8, 4) is 11.3 Å². The lowest BCUT2D eigenvalue weighted by atomic mass is 9.96. The molecular weight excluding hydrogens is 502 g/mol.